The molecule has 0 bridgehead atoms. The van der Waals surface area contributed by atoms with E-state index >= 15 is 0 Å². The number of anilines is 1. The number of rotatable bonds is 10. The van der Waals surface area contributed by atoms with E-state index in [1.165, 1.54) is 47.9 Å². The Labute approximate surface area is 211 Å². The zero-order chi connectivity index (χ0) is 25.5. The lowest BCUT2D eigenvalue weighted by Crippen LogP contribution is -2.10. The summed E-state index contributed by atoms with van der Waals surface area (Å²) in [6.45, 7) is 2.08. The van der Waals surface area contributed by atoms with Crippen LogP contribution in [0.2, 0.25) is 0 Å². The zero-order valence-electron chi connectivity index (χ0n) is 18.9. The van der Waals surface area contributed by atoms with Crippen LogP contribution in [-0.4, -0.2) is 31.1 Å². The first-order valence-electron chi connectivity index (χ1n) is 10.6. The molecule has 0 saturated carbocycles. The highest BCUT2D eigenvalue weighted by Gasteiger charge is 2.19. The summed E-state index contributed by atoms with van der Waals surface area (Å²) in [6.07, 6.45) is 1.52. The summed E-state index contributed by atoms with van der Waals surface area (Å²) in [5.41, 5.74) is 4.65. The molecule has 1 aromatic heterocycles. The summed E-state index contributed by atoms with van der Waals surface area (Å²) in [5.74, 6) is 0.315. The molecule has 4 aromatic rings. The number of nitro benzene ring substituents is 1. The lowest BCUT2D eigenvalue weighted by atomic mass is 10.1. The van der Waals surface area contributed by atoms with Gasteiger partial charge in [0.25, 0.3) is 5.69 Å². The Balaban J connectivity index is 1.47. The van der Waals surface area contributed by atoms with Crippen molar-refractivity contribution in [1.29, 1.82) is 0 Å². The lowest BCUT2D eigenvalue weighted by molar-refractivity contribution is -0.384. The quantitative estimate of drug-likeness (QED) is 0.127. The second-order valence-electron chi connectivity index (χ2n) is 7.21. The molecule has 1 heterocycles. The molecule has 0 fully saturated rings. The topological polar surface area (TPSA) is 133 Å². The van der Waals surface area contributed by atoms with E-state index in [9.17, 15) is 18.5 Å². The molecule has 0 saturated heterocycles. The van der Waals surface area contributed by atoms with Gasteiger partial charge < -0.3 is 8.92 Å². The van der Waals surface area contributed by atoms with Gasteiger partial charge in [0.15, 0.2) is 11.5 Å². The van der Waals surface area contributed by atoms with Crippen LogP contribution in [0.4, 0.5) is 10.8 Å². The molecule has 0 aliphatic heterocycles. The van der Waals surface area contributed by atoms with Crippen LogP contribution in [0.25, 0.3) is 11.3 Å². The number of benzene rings is 3. The van der Waals surface area contributed by atoms with Gasteiger partial charge in [-0.2, -0.15) is 13.5 Å². The number of nitrogens with one attached hydrogen (secondary N) is 1. The summed E-state index contributed by atoms with van der Waals surface area (Å²) in [4.78, 5) is 15.0. The molecule has 36 heavy (non-hydrogen) atoms. The van der Waals surface area contributed by atoms with Crippen molar-refractivity contribution in [2.75, 3.05) is 12.0 Å². The lowest BCUT2D eigenvalue weighted by Gasteiger charge is -2.12. The molecule has 0 unspecified atom stereocenters. The maximum atomic E-state index is 12.6. The Bertz CT molecular complexity index is 1500. The molecule has 0 aliphatic rings. The molecule has 0 atom stereocenters. The first-order valence-corrected chi connectivity index (χ1v) is 12.9. The largest absolute Gasteiger partial charge is 0.490 e. The van der Waals surface area contributed by atoms with Crippen molar-refractivity contribution >= 4 is 38.5 Å². The predicted molar refractivity (Wildman–Crippen MR) is 137 cm³/mol. The van der Waals surface area contributed by atoms with E-state index in [1.54, 1.807) is 54.8 Å². The number of hydrazone groups is 1. The monoisotopic (exact) mass is 524 g/mol. The molecule has 0 amide bonds. The first kappa shape index (κ1) is 24.8. The Hall–Kier alpha value is -4.29. The number of nitrogens with zero attached hydrogens (tertiary/aromatic N) is 3. The van der Waals surface area contributed by atoms with E-state index in [4.69, 9.17) is 8.92 Å². The highest BCUT2D eigenvalue weighted by molar-refractivity contribution is 7.87. The zero-order valence-corrected chi connectivity index (χ0v) is 20.5. The van der Waals surface area contributed by atoms with E-state index in [0.717, 1.165) is 0 Å². The molecule has 4 rings (SSSR count). The van der Waals surface area contributed by atoms with Crippen LogP contribution in [0, 0.1) is 10.1 Å². The molecule has 12 heteroatoms. The molecule has 184 valence electrons. The van der Waals surface area contributed by atoms with E-state index < -0.39 is 15.0 Å². The maximum absolute atomic E-state index is 12.6. The third-order valence-corrected chi connectivity index (χ3v) is 6.73. The number of non-ortho nitro benzene ring substituents is 1. The van der Waals surface area contributed by atoms with Crippen molar-refractivity contribution in [3.63, 3.8) is 0 Å². The number of hydrogen-bond acceptors (Lipinski definition) is 10. The fraction of sp³-hybridized carbons (Fsp3) is 0.0833. The maximum Gasteiger partial charge on any atom is 0.339 e. The van der Waals surface area contributed by atoms with Crippen LogP contribution in [0.3, 0.4) is 0 Å². The average Bonchev–Trinajstić information content (AvgIpc) is 3.35. The van der Waals surface area contributed by atoms with E-state index in [1.807, 2.05) is 0 Å². The number of nitro groups is 1. The molecule has 0 radical (unpaired) electrons. The number of aromatic nitrogens is 1. The van der Waals surface area contributed by atoms with Gasteiger partial charge in [-0.15, -0.1) is 11.3 Å². The van der Waals surface area contributed by atoms with E-state index in [2.05, 4.69) is 15.5 Å². The van der Waals surface area contributed by atoms with Crippen molar-refractivity contribution < 1.29 is 22.3 Å². The highest BCUT2D eigenvalue weighted by Crippen LogP contribution is 2.31. The fourth-order valence-corrected chi connectivity index (χ4v) is 4.72. The predicted octanol–water partition coefficient (Wildman–Crippen LogP) is 5.33. The Kier molecular flexibility index (Phi) is 7.56. The number of thiazole rings is 1. The average molecular weight is 525 g/mol. The third-order valence-electron chi connectivity index (χ3n) is 4.73. The summed E-state index contributed by atoms with van der Waals surface area (Å²) < 4.78 is 36.0. The Morgan fingerprint density at radius 2 is 1.89 bits per heavy atom. The van der Waals surface area contributed by atoms with Crippen LogP contribution in [0.15, 0.2) is 88.2 Å². The molecule has 0 spiro atoms. The minimum absolute atomic E-state index is 0.0119. The van der Waals surface area contributed by atoms with E-state index in [-0.39, 0.29) is 22.1 Å². The van der Waals surface area contributed by atoms with Gasteiger partial charge in [-0.3, -0.25) is 15.5 Å². The Morgan fingerprint density at radius 3 is 2.64 bits per heavy atom. The summed E-state index contributed by atoms with van der Waals surface area (Å²) in [7, 11) is -4.02. The van der Waals surface area contributed by atoms with E-state index in [0.29, 0.717) is 28.6 Å². The first-order chi connectivity index (χ1) is 17.4. The van der Waals surface area contributed by atoms with Gasteiger partial charge in [-0.1, -0.05) is 30.3 Å². The van der Waals surface area contributed by atoms with Gasteiger partial charge in [-0.05, 0) is 42.8 Å². The van der Waals surface area contributed by atoms with Crippen LogP contribution in [-0.2, 0) is 10.1 Å². The normalized spacial score (nSPS) is 11.4. The number of hydrogen-bond donors (Lipinski definition) is 1. The Morgan fingerprint density at radius 1 is 1.08 bits per heavy atom. The van der Waals surface area contributed by atoms with Crippen molar-refractivity contribution in [2.45, 2.75) is 11.8 Å². The van der Waals surface area contributed by atoms with Gasteiger partial charge in [0.1, 0.15) is 4.90 Å². The minimum Gasteiger partial charge on any atom is -0.490 e. The molecule has 1 N–H and O–H groups in total. The summed E-state index contributed by atoms with van der Waals surface area (Å²) >= 11 is 1.29. The second kappa shape index (κ2) is 11.0. The molecular formula is C24H20N4O6S2. The van der Waals surface area contributed by atoms with Crippen molar-refractivity contribution in [1.82, 2.24) is 4.98 Å². The number of ether oxygens (including phenoxy) is 1. The molecule has 3 aromatic carbocycles. The van der Waals surface area contributed by atoms with Crippen molar-refractivity contribution in [3.05, 3.63) is 93.9 Å². The van der Waals surface area contributed by atoms with Crippen LogP contribution >= 0.6 is 11.3 Å². The minimum atomic E-state index is -4.02. The van der Waals surface area contributed by atoms with Crippen LogP contribution in [0.5, 0.6) is 11.5 Å². The molecule has 0 aliphatic carbocycles. The van der Waals surface area contributed by atoms with Gasteiger partial charge >= 0.3 is 10.1 Å². The SMILES string of the molecule is CCOc1cc(/C=N\Nc2nc(-c3cccc([N+](=O)[O-])c3)cs2)ccc1OS(=O)(=O)c1ccccc1. The summed E-state index contributed by atoms with van der Waals surface area (Å²) in [5, 5.41) is 17.4. The molecule has 10 nitrogen and oxygen atoms in total. The highest BCUT2D eigenvalue weighted by atomic mass is 32.2. The third kappa shape index (κ3) is 6.03. The second-order valence-corrected chi connectivity index (χ2v) is 9.61. The standard InChI is InChI=1S/C24H20N4O6S2/c1-2-33-23-13-17(11-12-22(23)34-36(31,32)20-9-4-3-5-10-20)15-25-27-24-26-21(16-35-24)18-7-6-8-19(14-18)28(29)30/h3-16H,2H2,1H3,(H,26,27)/b25-15-. The summed E-state index contributed by atoms with van der Waals surface area (Å²) in [6, 6.07) is 18.8. The van der Waals surface area contributed by atoms with Gasteiger partial charge in [-0.25, -0.2) is 4.98 Å². The smallest absolute Gasteiger partial charge is 0.339 e. The van der Waals surface area contributed by atoms with Crippen molar-refractivity contribution in [3.8, 4) is 22.8 Å². The van der Waals surface area contributed by atoms with Gasteiger partial charge in [0, 0.05) is 23.1 Å². The van der Waals surface area contributed by atoms with Crippen LogP contribution < -0.4 is 14.3 Å². The van der Waals surface area contributed by atoms with Crippen molar-refractivity contribution in [2.24, 2.45) is 5.10 Å². The van der Waals surface area contributed by atoms with Gasteiger partial charge in [0.2, 0.25) is 5.13 Å². The molecular weight excluding hydrogens is 504 g/mol. The fourth-order valence-electron chi connectivity index (χ4n) is 3.09. The van der Waals surface area contributed by atoms with Crippen LogP contribution in [0.1, 0.15) is 12.5 Å². The van der Waals surface area contributed by atoms with Gasteiger partial charge in [0.05, 0.1) is 23.4 Å².